The smallest absolute Gasteiger partial charge is 0.323 e. The molecule has 5 nitrogen and oxygen atoms in total. The molecule has 6 heteroatoms. The first-order chi connectivity index (χ1) is 11.0. The molecule has 23 heavy (non-hydrogen) atoms. The highest BCUT2D eigenvalue weighted by molar-refractivity contribution is 7.91. The number of benzene rings is 1. The van der Waals surface area contributed by atoms with Crippen molar-refractivity contribution in [1.29, 1.82) is 0 Å². The van der Waals surface area contributed by atoms with Crippen molar-refractivity contribution in [3.05, 3.63) is 30.3 Å². The van der Waals surface area contributed by atoms with E-state index in [9.17, 15) is 13.2 Å². The third-order valence-corrected chi connectivity index (χ3v) is 6.95. The summed E-state index contributed by atoms with van der Waals surface area (Å²) in [5.41, 5.74) is 0.0175. The summed E-state index contributed by atoms with van der Waals surface area (Å²) in [6.07, 6.45) is 4.36. The minimum atomic E-state index is -3.32. The highest BCUT2D eigenvalue weighted by Gasteiger charge is 2.57. The van der Waals surface area contributed by atoms with E-state index in [-0.39, 0.29) is 23.2 Å². The van der Waals surface area contributed by atoms with Gasteiger partial charge in [-0.05, 0) is 25.0 Å². The van der Waals surface area contributed by atoms with Crippen LogP contribution in [0, 0.1) is 5.41 Å². The Bertz CT molecular complexity index is 665. The average Bonchev–Trinajstić information content (AvgIpc) is 3.03. The molecule has 1 atom stereocenters. The molecule has 3 rings (SSSR count). The third-order valence-electron chi connectivity index (χ3n) is 5.24. The Hall–Kier alpha value is -1.40. The molecule has 1 saturated heterocycles. The molecule has 0 aromatic heterocycles. The standard InChI is InChI=1S/C17H23NO4S/c1-22-16(19)15-17(9-5-6-10-17)13-18(15)11-12-23(20,21)14-7-3-2-4-8-14/h2-4,7-8,15H,5-6,9-13H2,1H3. The van der Waals surface area contributed by atoms with Crippen LogP contribution in [0.15, 0.2) is 35.2 Å². The van der Waals surface area contributed by atoms with E-state index in [0.29, 0.717) is 11.4 Å². The lowest BCUT2D eigenvalue weighted by molar-refractivity contribution is -0.167. The predicted octanol–water partition coefficient (Wildman–Crippen LogP) is 1.88. The maximum Gasteiger partial charge on any atom is 0.323 e. The van der Waals surface area contributed by atoms with Gasteiger partial charge in [0.15, 0.2) is 9.84 Å². The Morgan fingerprint density at radius 1 is 1.26 bits per heavy atom. The number of hydrogen-bond donors (Lipinski definition) is 0. The lowest BCUT2D eigenvalue weighted by Crippen LogP contribution is -2.67. The normalized spacial score (nSPS) is 23.6. The first-order valence-corrected chi connectivity index (χ1v) is 9.73. The van der Waals surface area contributed by atoms with Gasteiger partial charge in [-0.3, -0.25) is 9.69 Å². The minimum absolute atomic E-state index is 0.0175. The fourth-order valence-corrected chi connectivity index (χ4v) is 5.35. The number of likely N-dealkylation sites (tertiary alicyclic amines) is 1. The van der Waals surface area contributed by atoms with Crippen molar-refractivity contribution in [3.8, 4) is 0 Å². The number of hydrogen-bond acceptors (Lipinski definition) is 5. The van der Waals surface area contributed by atoms with Crippen LogP contribution >= 0.6 is 0 Å². The van der Waals surface area contributed by atoms with Crippen molar-refractivity contribution >= 4 is 15.8 Å². The number of carbonyl (C=O) groups is 1. The quantitative estimate of drug-likeness (QED) is 0.768. The summed E-state index contributed by atoms with van der Waals surface area (Å²) in [5, 5.41) is 0. The molecule has 1 unspecified atom stereocenters. The van der Waals surface area contributed by atoms with E-state index in [0.717, 1.165) is 32.2 Å². The van der Waals surface area contributed by atoms with Gasteiger partial charge in [-0.25, -0.2) is 8.42 Å². The molecule has 2 aliphatic rings. The Morgan fingerprint density at radius 3 is 2.52 bits per heavy atom. The van der Waals surface area contributed by atoms with E-state index in [1.54, 1.807) is 30.3 Å². The molecular formula is C17H23NO4S. The number of methoxy groups -OCH3 is 1. The summed E-state index contributed by atoms with van der Waals surface area (Å²) < 4.78 is 29.7. The van der Waals surface area contributed by atoms with Crippen LogP contribution < -0.4 is 0 Å². The summed E-state index contributed by atoms with van der Waals surface area (Å²) in [7, 11) is -1.91. The van der Waals surface area contributed by atoms with Gasteiger partial charge in [0.05, 0.1) is 17.8 Å². The number of sulfone groups is 1. The summed E-state index contributed by atoms with van der Waals surface area (Å²) in [5.74, 6) is -0.198. The maximum absolute atomic E-state index is 12.4. The second kappa shape index (κ2) is 6.24. The second-order valence-corrected chi connectivity index (χ2v) is 8.71. The van der Waals surface area contributed by atoms with E-state index in [1.807, 2.05) is 4.90 Å². The maximum atomic E-state index is 12.4. The van der Waals surface area contributed by atoms with Gasteiger partial charge in [-0.1, -0.05) is 31.0 Å². The van der Waals surface area contributed by atoms with Gasteiger partial charge in [0.2, 0.25) is 0 Å². The van der Waals surface area contributed by atoms with Crippen molar-refractivity contribution in [2.24, 2.45) is 5.41 Å². The van der Waals surface area contributed by atoms with Crippen LogP contribution in [0.2, 0.25) is 0 Å². The first kappa shape index (κ1) is 16.5. The molecule has 2 fully saturated rings. The largest absolute Gasteiger partial charge is 0.468 e. The van der Waals surface area contributed by atoms with Crippen molar-refractivity contribution in [1.82, 2.24) is 4.90 Å². The molecule has 1 aliphatic carbocycles. The van der Waals surface area contributed by atoms with Gasteiger partial charge in [0.1, 0.15) is 6.04 Å². The Balaban J connectivity index is 1.67. The zero-order chi connectivity index (χ0) is 16.5. The molecule has 1 aromatic carbocycles. The predicted molar refractivity (Wildman–Crippen MR) is 86.8 cm³/mol. The Kier molecular flexibility index (Phi) is 4.47. The van der Waals surface area contributed by atoms with Crippen molar-refractivity contribution < 1.29 is 17.9 Å². The number of ether oxygens (including phenoxy) is 1. The molecule has 1 saturated carbocycles. The second-order valence-electron chi connectivity index (χ2n) is 6.60. The summed E-state index contributed by atoms with van der Waals surface area (Å²) in [6.45, 7) is 1.18. The van der Waals surface area contributed by atoms with Gasteiger partial charge in [-0.15, -0.1) is 0 Å². The molecule has 1 spiro atoms. The van der Waals surface area contributed by atoms with Gasteiger partial charge in [0, 0.05) is 18.5 Å². The minimum Gasteiger partial charge on any atom is -0.468 e. The van der Waals surface area contributed by atoms with Crippen LogP contribution in [0.3, 0.4) is 0 Å². The van der Waals surface area contributed by atoms with E-state index in [1.165, 1.54) is 7.11 Å². The molecule has 0 radical (unpaired) electrons. The Morgan fingerprint density at radius 2 is 1.91 bits per heavy atom. The van der Waals surface area contributed by atoms with Crippen LogP contribution in [0.4, 0.5) is 0 Å². The molecule has 0 N–H and O–H groups in total. The molecule has 1 aromatic rings. The van der Waals surface area contributed by atoms with Crippen LogP contribution in [0.1, 0.15) is 25.7 Å². The molecule has 1 aliphatic heterocycles. The van der Waals surface area contributed by atoms with Crippen LogP contribution in [0.5, 0.6) is 0 Å². The molecular weight excluding hydrogens is 314 g/mol. The van der Waals surface area contributed by atoms with E-state index in [4.69, 9.17) is 4.74 Å². The fraction of sp³-hybridized carbons (Fsp3) is 0.588. The van der Waals surface area contributed by atoms with E-state index >= 15 is 0 Å². The molecule has 126 valence electrons. The Labute approximate surface area is 137 Å². The third kappa shape index (κ3) is 3.02. The van der Waals surface area contributed by atoms with Crippen LogP contribution in [-0.2, 0) is 19.4 Å². The number of nitrogens with zero attached hydrogens (tertiary/aromatic N) is 1. The van der Waals surface area contributed by atoms with Crippen molar-refractivity contribution in [3.63, 3.8) is 0 Å². The lowest BCUT2D eigenvalue weighted by atomic mass is 9.70. The summed E-state index contributed by atoms with van der Waals surface area (Å²) in [4.78, 5) is 14.5. The molecule has 1 heterocycles. The van der Waals surface area contributed by atoms with E-state index < -0.39 is 9.84 Å². The highest BCUT2D eigenvalue weighted by atomic mass is 32.2. The van der Waals surface area contributed by atoms with Crippen molar-refractivity contribution in [2.75, 3.05) is 26.0 Å². The lowest BCUT2D eigenvalue weighted by Gasteiger charge is -2.54. The number of carbonyl (C=O) groups excluding carboxylic acids is 1. The van der Waals surface area contributed by atoms with E-state index in [2.05, 4.69) is 0 Å². The van der Waals surface area contributed by atoms with Gasteiger partial charge >= 0.3 is 5.97 Å². The van der Waals surface area contributed by atoms with Gasteiger partial charge in [0.25, 0.3) is 0 Å². The van der Waals surface area contributed by atoms with Crippen LogP contribution in [-0.4, -0.2) is 51.3 Å². The zero-order valence-electron chi connectivity index (χ0n) is 13.4. The van der Waals surface area contributed by atoms with Crippen LogP contribution in [0.25, 0.3) is 0 Å². The van der Waals surface area contributed by atoms with Crippen molar-refractivity contribution in [2.45, 2.75) is 36.6 Å². The average molecular weight is 337 g/mol. The number of rotatable bonds is 5. The fourth-order valence-electron chi connectivity index (χ4n) is 4.07. The topological polar surface area (TPSA) is 63.7 Å². The van der Waals surface area contributed by atoms with Gasteiger partial charge in [-0.2, -0.15) is 0 Å². The number of esters is 1. The summed E-state index contributed by atoms with van der Waals surface area (Å²) in [6, 6.07) is 8.19. The molecule has 0 amide bonds. The monoisotopic (exact) mass is 337 g/mol. The SMILES string of the molecule is COC(=O)C1N(CCS(=O)(=O)c2ccccc2)CC12CCCC2. The highest BCUT2D eigenvalue weighted by Crippen LogP contribution is 2.50. The summed E-state index contributed by atoms with van der Waals surface area (Å²) >= 11 is 0. The molecule has 0 bridgehead atoms. The zero-order valence-corrected chi connectivity index (χ0v) is 14.2. The van der Waals surface area contributed by atoms with Gasteiger partial charge < -0.3 is 4.74 Å². The first-order valence-electron chi connectivity index (χ1n) is 8.08.